The minimum absolute atomic E-state index is 0.161. The summed E-state index contributed by atoms with van der Waals surface area (Å²) in [4.78, 5) is 10.3. The highest BCUT2D eigenvalue weighted by atomic mass is 16.6. The molecule has 112 valence electrons. The smallest absolute Gasteiger partial charge is 0.269 e. The number of nitro groups is 1. The maximum atomic E-state index is 10.7. The van der Waals surface area contributed by atoms with Crippen LogP contribution in [0.15, 0.2) is 24.3 Å². The molecular weight excluding hydrogens is 252 g/mol. The second-order valence-corrected chi connectivity index (χ2v) is 5.26. The molecule has 1 atom stereocenters. The third kappa shape index (κ3) is 4.93. The van der Waals surface area contributed by atoms with Crippen molar-refractivity contribution in [3.63, 3.8) is 0 Å². The van der Waals surface area contributed by atoms with Crippen molar-refractivity contribution in [3.05, 3.63) is 39.9 Å². The van der Waals surface area contributed by atoms with Crippen LogP contribution in [-0.2, 0) is 6.42 Å². The van der Waals surface area contributed by atoms with Crippen LogP contribution < -0.4 is 5.32 Å². The number of benzene rings is 1. The second kappa shape index (κ2) is 8.69. The van der Waals surface area contributed by atoms with E-state index in [1.165, 1.54) is 0 Å². The van der Waals surface area contributed by atoms with E-state index < -0.39 is 0 Å². The number of hydrogen-bond donors (Lipinski definition) is 1. The summed E-state index contributed by atoms with van der Waals surface area (Å²) < 4.78 is 0. The Morgan fingerprint density at radius 3 is 2.20 bits per heavy atom. The van der Waals surface area contributed by atoms with Crippen LogP contribution in [0.5, 0.6) is 0 Å². The highest BCUT2D eigenvalue weighted by Gasteiger charge is 2.18. The zero-order valence-corrected chi connectivity index (χ0v) is 12.8. The number of hydrogen-bond acceptors (Lipinski definition) is 3. The molecule has 0 amide bonds. The molecule has 4 heteroatoms. The number of nitro benzene ring substituents is 1. The Morgan fingerprint density at radius 1 is 1.15 bits per heavy atom. The third-order valence-electron chi connectivity index (χ3n) is 3.88. The Kier molecular flexibility index (Phi) is 7.23. The van der Waals surface area contributed by atoms with Gasteiger partial charge in [0.25, 0.3) is 5.69 Å². The van der Waals surface area contributed by atoms with Gasteiger partial charge in [-0.3, -0.25) is 10.1 Å². The number of nitrogens with one attached hydrogen (secondary N) is 1. The quantitative estimate of drug-likeness (QED) is 0.550. The first-order valence-corrected chi connectivity index (χ1v) is 7.59. The highest BCUT2D eigenvalue weighted by molar-refractivity contribution is 5.33. The molecule has 0 aliphatic rings. The van der Waals surface area contributed by atoms with Crippen molar-refractivity contribution in [2.45, 2.75) is 52.5 Å². The van der Waals surface area contributed by atoms with Gasteiger partial charge in [-0.2, -0.15) is 0 Å². The lowest BCUT2D eigenvalue weighted by Gasteiger charge is -2.26. The van der Waals surface area contributed by atoms with E-state index in [-0.39, 0.29) is 10.6 Å². The fourth-order valence-corrected chi connectivity index (χ4v) is 2.60. The van der Waals surface area contributed by atoms with E-state index in [9.17, 15) is 10.1 Å². The Balaban J connectivity index is 2.74. The molecule has 0 heterocycles. The van der Waals surface area contributed by atoms with Crippen LogP contribution in [0.4, 0.5) is 5.69 Å². The molecule has 0 aromatic heterocycles. The fraction of sp³-hybridized carbons (Fsp3) is 0.625. The summed E-state index contributed by atoms with van der Waals surface area (Å²) in [7, 11) is 0. The van der Waals surface area contributed by atoms with Crippen molar-refractivity contribution in [3.8, 4) is 0 Å². The first-order valence-electron chi connectivity index (χ1n) is 7.59. The van der Waals surface area contributed by atoms with Gasteiger partial charge in [-0.1, -0.05) is 45.7 Å². The van der Waals surface area contributed by atoms with E-state index in [0.717, 1.165) is 37.8 Å². The van der Waals surface area contributed by atoms with Gasteiger partial charge in [0.2, 0.25) is 0 Å². The molecule has 0 spiro atoms. The van der Waals surface area contributed by atoms with Gasteiger partial charge in [0.1, 0.15) is 0 Å². The van der Waals surface area contributed by atoms with Crippen molar-refractivity contribution in [2.24, 2.45) is 5.92 Å². The van der Waals surface area contributed by atoms with Gasteiger partial charge < -0.3 is 5.32 Å². The Labute approximate surface area is 121 Å². The number of nitrogens with zero attached hydrogens (tertiary/aromatic N) is 1. The fourth-order valence-electron chi connectivity index (χ4n) is 2.60. The lowest BCUT2D eigenvalue weighted by Crippen LogP contribution is -2.38. The zero-order valence-electron chi connectivity index (χ0n) is 12.8. The summed E-state index contributed by atoms with van der Waals surface area (Å²) in [5.74, 6) is 0.650. The summed E-state index contributed by atoms with van der Waals surface area (Å²) in [5.41, 5.74) is 1.32. The lowest BCUT2D eigenvalue weighted by atomic mass is 9.89. The van der Waals surface area contributed by atoms with Crippen LogP contribution in [0.3, 0.4) is 0 Å². The van der Waals surface area contributed by atoms with Crippen molar-refractivity contribution in [2.75, 3.05) is 6.54 Å². The van der Waals surface area contributed by atoms with Gasteiger partial charge in [0.15, 0.2) is 0 Å². The van der Waals surface area contributed by atoms with E-state index in [2.05, 4.69) is 26.1 Å². The molecule has 0 fully saturated rings. The normalized spacial score (nSPS) is 12.6. The van der Waals surface area contributed by atoms with E-state index >= 15 is 0 Å². The predicted molar refractivity (Wildman–Crippen MR) is 83.0 cm³/mol. The zero-order chi connectivity index (χ0) is 15.0. The molecule has 20 heavy (non-hydrogen) atoms. The topological polar surface area (TPSA) is 55.2 Å². The second-order valence-electron chi connectivity index (χ2n) is 5.26. The SMILES string of the molecule is CCCNC(Cc1ccc([N+](=O)[O-])cc1)C(CC)CC. The summed E-state index contributed by atoms with van der Waals surface area (Å²) in [5, 5.41) is 14.3. The molecule has 4 nitrogen and oxygen atoms in total. The van der Waals surface area contributed by atoms with E-state index in [1.807, 2.05) is 12.1 Å². The van der Waals surface area contributed by atoms with Gasteiger partial charge in [0.05, 0.1) is 4.92 Å². The molecule has 1 aromatic carbocycles. The monoisotopic (exact) mass is 278 g/mol. The maximum absolute atomic E-state index is 10.7. The highest BCUT2D eigenvalue weighted by Crippen LogP contribution is 2.19. The molecule has 1 aromatic rings. The number of rotatable bonds is 9. The van der Waals surface area contributed by atoms with E-state index in [1.54, 1.807) is 12.1 Å². The summed E-state index contributed by atoms with van der Waals surface area (Å²) in [6.07, 6.45) is 4.37. The van der Waals surface area contributed by atoms with Crippen molar-refractivity contribution >= 4 is 5.69 Å². The van der Waals surface area contributed by atoms with Crippen LogP contribution in [0, 0.1) is 16.0 Å². The Hall–Kier alpha value is -1.42. The molecule has 0 saturated carbocycles. The molecular formula is C16H26N2O2. The lowest BCUT2D eigenvalue weighted by molar-refractivity contribution is -0.384. The minimum Gasteiger partial charge on any atom is -0.313 e. The first kappa shape index (κ1) is 16.6. The molecule has 1 N–H and O–H groups in total. The standard InChI is InChI=1S/C16H26N2O2/c1-4-11-17-16(14(5-2)6-3)12-13-7-9-15(10-8-13)18(19)20/h7-10,14,16-17H,4-6,11-12H2,1-3H3. The molecule has 0 bridgehead atoms. The van der Waals surface area contributed by atoms with E-state index in [4.69, 9.17) is 0 Å². The minimum atomic E-state index is -0.350. The largest absolute Gasteiger partial charge is 0.313 e. The summed E-state index contributed by atoms with van der Waals surface area (Å²) in [6.45, 7) is 7.65. The Bertz CT molecular complexity index is 399. The van der Waals surface area contributed by atoms with Crippen molar-refractivity contribution in [1.82, 2.24) is 5.32 Å². The van der Waals surface area contributed by atoms with Crippen molar-refractivity contribution in [1.29, 1.82) is 0 Å². The van der Waals surface area contributed by atoms with E-state index in [0.29, 0.717) is 12.0 Å². The average molecular weight is 278 g/mol. The van der Waals surface area contributed by atoms with Crippen LogP contribution >= 0.6 is 0 Å². The van der Waals surface area contributed by atoms with Crippen LogP contribution in [0.25, 0.3) is 0 Å². The first-order chi connectivity index (χ1) is 9.62. The maximum Gasteiger partial charge on any atom is 0.269 e. The molecule has 1 unspecified atom stereocenters. The van der Waals surface area contributed by atoms with Gasteiger partial charge in [-0.25, -0.2) is 0 Å². The molecule has 1 rings (SSSR count). The molecule has 0 aliphatic carbocycles. The van der Waals surface area contributed by atoms with Gasteiger partial charge in [-0.15, -0.1) is 0 Å². The molecule has 0 radical (unpaired) electrons. The third-order valence-corrected chi connectivity index (χ3v) is 3.88. The van der Waals surface area contributed by atoms with Gasteiger partial charge in [-0.05, 0) is 30.9 Å². The predicted octanol–water partition coefficient (Wildman–Crippen LogP) is 3.94. The van der Waals surface area contributed by atoms with Crippen LogP contribution in [-0.4, -0.2) is 17.5 Å². The van der Waals surface area contributed by atoms with Gasteiger partial charge in [0, 0.05) is 18.2 Å². The molecule has 0 aliphatic heterocycles. The average Bonchev–Trinajstić information content (AvgIpc) is 2.46. The van der Waals surface area contributed by atoms with Crippen LogP contribution in [0.1, 0.15) is 45.6 Å². The van der Waals surface area contributed by atoms with Crippen LogP contribution in [0.2, 0.25) is 0 Å². The Morgan fingerprint density at radius 2 is 1.75 bits per heavy atom. The van der Waals surface area contributed by atoms with Gasteiger partial charge >= 0.3 is 0 Å². The number of non-ortho nitro benzene ring substituents is 1. The van der Waals surface area contributed by atoms with Crippen molar-refractivity contribution < 1.29 is 4.92 Å². The summed E-state index contributed by atoms with van der Waals surface area (Å²) >= 11 is 0. The molecule has 0 saturated heterocycles. The summed E-state index contributed by atoms with van der Waals surface area (Å²) in [6, 6.07) is 7.40.